The first-order valence-electron chi connectivity index (χ1n) is 5.78. The van der Waals surface area contributed by atoms with Gasteiger partial charge in [-0.25, -0.2) is 0 Å². The normalized spacial score (nSPS) is 10.2. The fraction of sp³-hybridized carbons (Fsp3) is 0.143. The molecule has 0 aliphatic rings. The minimum atomic E-state index is -0.467. The van der Waals surface area contributed by atoms with Gasteiger partial charge in [-0.2, -0.15) is 0 Å². The molecule has 0 unspecified atom stereocenters. The lowest BCUT2D eigenvalue weighted by Gasteiger charge is -2.11. The zero-order chi connectivity index (χ0) is 14.0. The fourth-order valence-electron chi connectivity index (χ4n) is 1.84. The van der Waals surface area contributed by atoms with E-state index >= 15 is 0 Å². The molecule has 1 amide bonds. The number of aryl methyl sites for hydroxylation is 2. The minimum absolute atomic E-state index is 0.0299. The van der Waals surface area contributed by atoms with E-state index < -0.39 is 11.5 Å². The van der Waals surface area contributed by atoms with E-state index in [0.29, 0.717) is 5.69 Å². The highest BCUT2D eigenvalue weighted by atomic mass is 16.3. The number of carbonyl (C=O) groups excluding carboxylic acids is 1. The summed E-state index contributed by atoms with van der Waals surface area (Å²) in [6.45, 7) is 3.77. The topological polar surface area (TPSA) is 82.2 Å². The molecular formula is C14H14N2O3. The predicted molar refractivity (Wildman–Crippen MR) is 72.6 cm³/mol. The van der Waals surface area contributed by atoms with Crippen LogP contribution in [0.5, 0.6) is 5.75 Å². The summed E-state index contributed by atoms with van der Waals surface area (Å²) < 4.78 is 0. The average molecular weight is 258 g/mol. The van der Waals surface area contributed by atoms with E-state index in [0.717, 1.165) is 17.2 Å². The van der Waals surface area contributed by atoms with Crippen LogP contribution in [-0.2, 0) is 0 Å². The van der Waals surface area contributed by atoms with Crippen molar-refractivity contribution in [2.24, 2.45) is 0 Å². The second-order valence-electron chi connectivity index (χ2n) is 4.32. The van der Waals surface area contributed by atoms with E-state index in [1.165, 1.54) is 6.20 Å². The van der Waals surface area contributed by atoms with Crippen molar-refractivity contribution >= 4 is 11.6 Å². The number of nitrogens with one attached hydrogen (secondary N) is 2. The van der Waals surface area contributed by atoms with Gasteiger partial charge in [0.15, 0.2) is 0 Å². The van der Waals surface area contributed by atoms with Crippen LogP contribution in [0.2, 0.25) is 0 Å². The highest BCUT2D eigenvalue weighted by molar-refractivity contribution is 6.06. The largest absolute Gasteiger partial charge is 0.507 e. The number of aromatic amines is 1. The van der Waals surface area contributed by atoms with Gasteiger partial charge in [0, 0.05) is 18.0 Å². The Kier molecular flexibility index (Phi) is 3.37. The lowest BCUT2D eigenvalue weighted by molar-refractivity contribution is 0.102. The number of carbonyl (C=O) groups is 1. The van der Waals surface area contributed by atoms with Crippen LogP contribution in [0.3, 0.4) is 0 Å². The van der Waals surface area contributed by atoms with Crippen molar-refractivity contribution in [1.29, 1.82) is 0 Å². The number of aromatic nitrogens is 1. The lowest BCUT2D eigenvalue weighted by Crippen LogP contribution is -2.16. The molecule has 2 aromatic rings. The summed E-state index contributed by atoms with van der Waals surface area (Å²) in [5.41, 5.74) is 2.14. The maximum absolute atomic E-state index is 12.1. The van der Waals surface area contributed by atoms with Gasteiger partial charge < -0.3 is 15.4 Å². The minimum Gasteiger partial charge on any atom is -0.507 e. The molecule has 0 saturated carbocycles. The molecule has 3 N–H and O–H groups in total. The number of aromatic hydroxyl groups is 1. The molecular weight excluding hydrogens is 244 g/mol. The third kappa shape index (κ3) is 2.65. The summed E-state index contributed by atoms with van der Waals surface area (Å²) in [4.78, 5) is 25.4. The van der Waals surface area contributed by atoms with Gasteiger partial charge in [-0.1, -0.05) is 18.2 Å². The third-order valence-corrected chi connectivity index (χ3v) is 2.87. The zero-order valence-electron chi connectivity index (χ0n) is 10.7. The Hall–Kier alpha value is -2.56. The summed E-state index contributed by atoms with van der Waals surface area (Å²) in [5, 5.41) is 12.3. The van der Waals surface area contributed by atoms with Crippen LogP contribution in [0, 0.1) is 13.8 Å². The van der Waals surface area contributed by atoms with Crippen LogP contribution in [0.4, 0.5) is 5.69 Å². The molecule has 5 heteroatoms. The Morgan fingerprint density at radius 1 is 1.26 bits per heavy atom. The summed E-state index contributed by atoms with van der Waals surface area (Å²) in [6.07, 6.45) is 1.20. The number of hydrogen-bond donors (Lipinski definition) is 3. The lowest BCUT2D eigenvalue weighted by atomic mass is 10.1. The summed E-state index contributed by atoms with van der Waals surface area (Å²) >= 11 is 0. The number of pyridine rings is 1. The molecule has 0 bridgehead atoms. The Morgan fingerprint density at radius 3 is 2.47 bits per heavy atom. The molecule has 19 heavy (non-hydrogen) atoms. The van der Waals surface area contributed by atoms with Gasteiger partial charge in [0.05, 0.1) is 5.56 Å². The molecule has 0 aliphatic heterocycles. The maximum atomic E-state index is 12.1. The number of amides is 1. The molecule has 0 spiro atoms. The van der Waals surface area contributed by atoms with Gasteiger partial charge in [-0.05, 0) is 25.0 Å². The molecule has 5 nitrogen and oxygen atoms in total. The van der Waals surface area contributed by atoms with Crippen molar-refractivity contribution in [3.63, 3.8) is 0 Å². The molecule has 98 valence electrons. The summed E-state index contributed by atoms with van der Waals surface area (Å²) in [7, 11) is 0. The third-order valence-electron chi connectivity index (χ3n) is 2.87. The summed E-state index contributed by atoms with van der Waals surface area (Å²) in [5.74, 6) is -0.807. The monoisotopic (exact) mass is 258 g/mol. The van der Waals surface area contributed by atoms with E-state index in [1.807, 2.05) is 32.0 Å². The zero-order valence-corrected chi connectivity index (χ0v) is 10.7. The first kappa shape index (κ1) is 12.9. The molecule has 1 heterocycles. The van der Waals surface area contributed by atoms with Crippen molar-refractivity contribution in [3.8, 4) is 5.75 Å². The van der Waals surface area contributed by atoms with Gasteiger partial charge in [0.2, 0.25) is 0 Å². The Balaban J connectivity index is 2.34. The molecule has 1 aromatic heterocycles. The van der Waals surface area contributed by atoms with E-state index in [-0.39, 0.29) is 11.3 Å². The molecule has 0 aliphatic carbocycles. The molecule has 2 rings (SSSR count). The van der Waals surface area contributed by atoms with Gasteiger partial charge in [0.25, 0.3) is 11.5 Å². The number of hydrogen-bond acceptors (Lipinski definition) is 3. The standard InChI is InChI=1S/C14H14N2O3/c1-8-4-3-5-9(2)13(8)16-14(19)10-7-15-12(18)6-11(10)17/h3-7H,1-2H3,(H,16,19)(H2,15,17,18). The van der Waals surface area contributed by atoms with Crippen molar-refractivity contribution < 1.29 is 9.90 Å². The van der Waals surface area contributed by atoms with Gasteiger partial charge >= 0.3 is 0 Å². The quantitative estimate of drug-likeness (QED) is 0.770. The fourth-order valence-corrected chi connectivity index (χ4v) is 1.84. The van der Waals surface area contributed by atoms with E-state index in [2.05, 4.69) is 10.3 Å². The van der Waals surface area contributed by atoms with Gasteiger partial charge in [0.1, 0.15) is 5.75 Å². The number of benzene rings is 1. The first-order chi connectivity index (χ1) is 8.99. The first-order valence-corrected chi connectivity index (χ1v) is 5.78. The number of anilines is 1. The SMILES string of the molecule is Cc1cccc(C)c1NC(=O)c1c[nH]c(=O)cc1O. The average Bonchev–Trinajstić information content (AvgIpc) is 2.33. The summed E-state index contributed by atoms with van der Waals surface area (Å²) in [6, 6.07) is 6.64. The molecule has 1 aromatic carbocycles. The number of para-hydroxylation sites is 1. The number of H-pyrrole nitrogens is 1. The van der Waals surface area contributed by atoms with Crippen molar-refractivity contribution in [1.82, 2.24) is 4.98 Å². The van der Waals surface area contributed by atoms with Crippen LogP contribution in [-0.4, -0.2) is 16.0 Å². The van der Waals surface area contributed by atoms with Crippen LogP contribution in [0.15, 0.2) is 35.3 Å². The van der Waals surface area contributed by atoms with E-state index in [9.17, 15) is 14.7 Å². The van der Waals surface area contributed by atoms with Gasteiger partial charge in [-0.15, -0.1) is 0 Å². The second-order valence-corrected chi connectivity index (χ2v) is 4.32. The van der Waals surface area contributed by atoms with Gasteiger partial charge in [-0.3, -0.25) is 9.59 Å². The number of rotatable bonds is 2. The van der Waals surface area contributed by atoms with Crippen molar-refractivity contribution in [3.05, 3.63) is 57.5 Å². The Bertz CT molecular complexity index is 669. The smallest absolute Gasteiger partial charge is 0.260 e. The van der Waals surface area contributed by atoms with Crippen molar-refractivity contribution in [2.45, 2.75) is 13.8 Å². The van der Waals surface area contributed by atoms with Crippen LogP contribution in [0.1, 0.15) is 21.5 Å². The van der Waals surface area contributed by atoms with E-state index in [1.54, 1.807) is 0 Å². The van der Waals surface area contributed by atoms with E-state index in [4.69, 9.17) is 0 Å². The highest BCUT2D eigenvalue weighted by Crippen LogP contribution is 2.21. The van der Waals surface area contributed by atoms with Crippen molar-refractivity contribution in [2.75, 3.05) is 5.32 Å². The van der Waals surface area contributed by atoms with Crippen LogP contribution < -0.4 is 10.9 Å². The second kappa shape index (κ2) is 4.97. The highest BCUT2D eigenvalue weighted by Gasteiger charge is 2.13. The molecule has 0 atom stereocenters. The van der Waals surface area contributed by atoms with Crippen LogP contribution >= 0.6 is 0 Å². The Morgan fingerprint density at radius 2 is 1.89 bits per heavy atom. The van der Waals surface area contributed by atoms with Crippen LogP contribution in [0.25, 0.3) is 0 Å². The Labute approximate surface area is 109 Å². The predicted octanol–water partition coefficient (Wildman–Crippen LogP) is 1.95. The molecule has 0 saturated heterocycles. The molecule has 0 fully saturated rings. The molecule has 0 radical (unpaired) electrons. The maximum Gasteiger partial charge on any atom is 0.260 e.